The lowest BCUT2D eigenvalue weighted by atomic mass is 10.2. The largest absolute Gasteiger partial charge is 0.491 e. The molecule has 1 rings (SSSR count). The molecule has 0 heterocycles. The van der Waals surface area contributed by atoms with E-state index in [2.05, 4.69) is 20.7 Å². The summed E-state index contributed by atoms with van der Waals surface area (Å²) < 4.78 is 15.6. The number of azide groups is 1. The highest BCUT2D eigenvalue weighted by atomic mass is 16.7. The molecule has 25 heavy (non-hydrogen) atoms. The third kappa shape index (κ3) is 8.68. The van der Waals surface area contributed by atoms with Gasteiger partial charge in [0, 0.05) is 10.5 Å². The minimum Gasteiger partial charge on any atom is -0.491 e. The molecular formula is C15H21N5O5. The number of amides is 1. The van der Waals surface area contributed by atoms with Crippen molar-refractivity contribution in [2.75, 3.05) is 33.7 Å². The summed E-state index contributed by atoms with van der Waals surface area (Å²) >= 11 is 0. The first-order valence-electron chi connectivity index (χ1n) is 7.45. The summed E-state index contributed by atoms with van der Waals surface area (Å²) in [6.45, 7) is 1.35. The quantitative estimate of drug-likeness (QED) is 0.191. The molecule has 0 radical (unpaired) electrons. The van der Waals surface area contributed by atoms with Crippen LogP contribution in [-0.2, 0) is 14.3 Å². The second-order valence-electron chi connectivity index (χ2n) is 4.87. The van der Waals surface area contributed by atoms with Crippen LogP contribution in [0.5, 0.6) is 5.75 Å². The number of hydrogen-bond donors (Lipinski definition) is 2. The van der Waals surface area contributed by atoms with E-state index in [0.29, 0.717) is 18.0 Å². The van der Waals surface area contributed by atoms with Crippen molar-refractivity contribution in [2.45, 2.75) is 13.2 Å². The van der Waals surface area contributed by atoms with Gasteiger partial charge in [-0.05, 0) is 37.7 Å². The van der Waals surface area contributed by atoms with E-state index in [1.54, 1.807) is 31.3 Å². The third-order valence-electron chi connectivity index (χ3n) is 2.74. The van der Waals surface area contributed by atoms with Gasteiger partial charge in [0.15, 0.2) is 12.0 Å². The number of Topliss-reactive ketones (excluding diaryl/α,β-unsaturated/α-hetero) is 1. The van der Waals surface area contributed by atoms with Crippen molar-refractivity contribution in [1.82, 2.24) is 10.6 Å². The third-order valence-corrected chi connectivity index (χ3v) is 2.74. The van der Waals surface area contributed by atoms with E-state index in [0.717, 1.165) is 0 Å². The summed E-state index contributed by atoms with van der Waals surface area (Å²) in [7, 11) is 1.72. The zero-order valence-electron chi connectivity index (χ0n) is 14.1. The van der Waals surface area contributed by atoms with Gasteiger partial charge in [0.1, 0.15) is 25.8 Å². The van der Waals surface area contributed by atoms with Gasteiger partial charge >= 0.3 is 0 Å². The molecule has 0 aliphatic carbocycles. The molecule has 0 aliphatic heterocycles. The predicted molar refractivity (Wildman–Crippen MR) is 88.8 cm³/mol. The number of ketones is 1. The van der Waals surface area contributed by atoms with Crippen molar-refractivity contribution in [3.63, 3.8) is 0 Å². The van der Waals surface area contributed by atoms with E-state index in [9.17, 15) is 9.59 Å². The van der Waals surface area contributed by atoms with Crippen molar-refractivity contribution in [1.29, 1.82) is 0 Å². The molecule has 0 saturated heterocycles. The lowest BCUT2D eigenvalue weighted by Crippen LogP contribution is -2.31. The van der Waals surface area contributed by atoms with E-state index in [1.165, 1.54) is 6.92 Å². The molecule has 1 atom stereocenters. The fourth-order valence-corrected chi connectivity index (χ4v) is 1.65. The minimum absolute atomic E-state index is 0.0743. The fraction of sp³-hybridized carbons (Fsp3) is 0.467. The molecule has 0 spiro atoms. The van der Waals surface area contributed by atoms with Crippen molar-refractivity contribution in [2.24, 2.45) is 5.11 Å². The number of benzene rings is 1. The van der Waals surface area contributed by atoms with Gasteiger partial charge in [0.25, 0.3) is 5.91 Å². The predicted octanol–water partition coefficient (Wildman–Crippen LogP) is 1.19. The summed E-state index contributed by atoms with van der Waals surface area (Å²) in [6, 6.07) is 6.54. The normalized spacial score (nSPS) is 11.3. The van der Waals surface area contributed by atoms with Gasteiger partial charge in [0.05, 0.1) is 6.67 Å². The Morgan fingerprint density at radius 1 is 1.40 bits per heavy atom. The highest BCUT2D eigenvalue weighted by Gasteiger charge is 2.10. The maximum Gasteiger partial charge on any atom is 0.252 e. The van der Waals surface area contributed by atoms with Crippen LogP contribution in [0.15, 0.2) is 29.4 Å². The average molecular weight is 351 g/mol. The summed E-state index contributed by atoms with van der Waals surface area (Å²) in [4.78, 5) is 25.3. The van der Waals surface area contributed by atoms with Gasteiger partial charge in [-0.15, -0.1) is 0 Å². The first-order chi connectivity index (χ1) is 12.1. The number of carbonyl (C=O) groups is 2. The summed E-state index contributed by atoms with van der Waals surface area (Å²) in [5.74, 6) is 0.0253. The number of rotatable bonds is 12. The maximum absolute atomic E-state index is 11.9. The molecular weight excluding hydrogens is 330 g/mol. The van der Waals surface area contributed by atoms with Crippen LogP contribution in [0.2, 0.25) is 0 Å². The van der Waals surface area contributed by atoms with Crippen LogP contribution in [0, 0.1) is 0 Å². The zero-order valence-corrected chi connectivity index (χ0v) is 14.1. The molecule has 1 aromatic rings. The molecule has 0 aromatic heterocycles. The van der Waals surface area contributed by atoms with Crippen molar-refractivity contribution in [3.8, 4) is 5.75 Å². The van der Waals surface area contributed by atoms with Crippen molar-refractivity contribution >= 4 is 11.7 Å². The molecule has 136 valence electrons. The molecule has 0 fully saturated rings. The highest BCUT2D eigenvalue weighted by molar-refractivity contribution is 5.94. The van der Waals surface area contributed by atoms with Crippen LogP contribution in [-0.4, -0.2) is 51.6 Å². The van der Waals surface area contributed by atoms with Crippen LogP contribution < -0.4 is 15.4 Å². The van der Waals surface area contributed by atoms with Crippen LogP contribution in [0.25, 0.3) is 10.4 Å². The minimum atomic E-state index is -0.932. The van der Waals surface area contributed by atoms with Gasteiger partial charge in [0.2, 0.25) is 0 Å². The standard InChI is InChI=1S/C15H21N5O5/c1-11(21)7-23-10-25-14(19-20-16)8-24-13-5-3-4-12(6-13)15(22)18-9-17-2/h3-6,14,17H,7-10H2,1-2H3,(H,18,22). The molecule has 0 saturated carbocycles. The Hall–Kier alpha value is -2.65. The average Bonchev–Trinajstić information content (AvgIpc) is 2.61. The lowest BCUT2D eigenvalue weighted by molar-refractivity contribution is -0.133. The Kier molecular flexibility index (Phi) is 9.64. The lowest BCUT2D eigenvalue weighted by Gasteiger charge is -2.14. The molecule has 10 nitrogen and oxygen atoms in total. The Morgan fingerprint density at radius 3 is 2.88 bits per heavy atom. The maximum atomic E-state index is 11.9. The van der Waals surface area contributed by atoms with Gasteiger partial charge in [-0.3, -0.25) is 9.59 Å². The van der Waals surface area contributed by atoms with Crippen molar-refractivity contribution < 1.29 is 23.8 Å². The van der Waals surface area contributed by atoms with E-state index < -0.39 is 6.23 Å². The van der Waals surface area contributed by atoms with Crippen LogP contribution in [0.4, 0.5) is 0 Å². The molecule has 1 amide bonds. The Balaban J connectivity index is 2.53. The number of carbonyl (C=O) groups excluding carboxylic acids is 2. The second-order valence-corrected chi connectivity index (χ2v) is 4.87. The Morgan fingerprint density at radius 2 is 2.20 bits per heavy atom. The molecule has 0 aliphatic rings. The number of hydrogen-bond acceptors (Lipinski definition) is 7. The van der Waals surface area contributed by atoms with E-state index in [-0.39, 0.29) is 31.7 Å². The number of nitrogens with one attached hydrogen (secondary N) is 2. The number of nitrogens with zero attached hydrogens (tertiary/aromatic N) is 3. The van der Waals surface area contributed by atoms with E-state index in [4.69, 9.17) is 19.7 Å². The van der Waals surface area contributed by atoms with Crippen LogP contribution in [0.3, 0.4) is 0 Å². The molecule has 2 N–H and O–H groups in total. The van der Waals surface area contributed by atoms with Gasteiger partial charge in [-0.2, -0.15) is 0 Å². The smallest absolute Gasteiger partial charge is 0.252 e. The summed E-state index contributed by atoms with van der Waals surface area (Å²) in [6.07, 6.45) is -0.932. The number of ether oxygens (including phenoxy) is 3. The summed E-state index contributed by atoms with van der Waals surface area (Å²) in [5.41, 5.74) is 8.98. The van der Waals surface area contributed by atoms with Gasteiger partial charge in [-0.1, -0.05) is 11.2 Å². The Bertz CT molecular complexity index is 618. The highest BCUT2D eigenvalue weighted by Crippen LogP contribution is 2.14. The second kappa shape index (κ2) is 11.8. The van der Waals surface area contributed by atoms with Crippen LogP contribution in [0.1, 0.15) is 17.3 Å². The first kappa shape index (κ1) is 20.4. The monoisotopic (exact) mass is 351 g/mol. The molecule has 0 bridgehead atoms. The fourth-order valence-electron chi connectivity index (χ4n) is 1.65. The van der Waals surface area contributed by atoms with Gasteiger partial charge in [-0.25, -0.2) is 0 Å². The van der Waals surface area contributed by atoms with Crippen LogP contribution >= 0.6 is 0 Å². The molecule has 1 aromatic carbocycles. The van der Waals surface area contributed by atoms with Crippen molar-refractivity contribution in [3.05, 3.63) is 40.3 Å². The van der Waals surface area contributed by atoms with Gasteiger partial charge < -0.3 is 24.8 Å². The topological polar surface area (TPSA) is 135 Å². The van der Waals surface area contributed by atoms with E-state index in [1.807, 2.05) is 0 Å². The Labute approximate surface area is 145 Å². The molecule has 10 heteroatoms. The zero-order chi connectivity index (χ0) is 18.5. The molecule has 1 unspecified atom stereocenters. The summed E-state index contributed by atoms with van der Waals surface area (Å²) in [5, 5.41) is 8.91. The SMILES string of the molecule is CNCNC(=O)c1cccc(OCC(N=[N+]=[N-])OCOCC(C)=O)c1. The first-order valence-corrected chi connectivity index (χ1v) is 7.45. The van der Waals surface area contributed by atoms with E-state index >= 15 is 0 Å².